The molecule has 2 rings (SSSR count). The molecule has 1 saturated carbocycles. The van der Waals surface area contributed by atoms with Gasteiger partial charge >= 0.3 is 0 Å². The van der Waals surface area contributed by atoms with Gasteiger partial charge in [-0.2, -0.15) is 0 Å². The van der Waals surface area contributed by atoms with Crippen LogP contribution in [-0.4, -0.2) is 6.54 Å². The summed E-state index contributed by atoms with van der Waals surface area (Å²) in [4.78, 5) is 2.81. The lowest BCUT2D eigenvalue weighted by molar-refractivity contribution is 0.444. The fourth-order valence-electron chi connectivity index (χ4n) is 1.89. The molecule has 0 saturated heterocycles. The van der Waals surface area contributed by atoms with Crippen LogP contribution in [0.5, 0.6) is 0 Å². The van der Waals surface area contributed by atoms with Crippen LogP contribution in [0.15, 0.2) is 10.5 Å². The highest BCUT2D eigenvalue weighted by Gasteiger charge is 2.39. The van der Waals surface area contributed by atoms with Crippen molar-refractivity contribution in [3.05, 3.63) is 20.3 Å². The Morgan fingerprint density at radius 3 is 2.73 bits per heavy atom. The van der Waals surface area contributed by atoms with Gasteiger partial charge in [0.1, 0.15) is 0 Å². The van der Waals surface area contributed by atoms with Crippen LogP contribution in [0.4, 0.5) is 0 Å². The first kappa shape index (κ1) is 11.6. The third-order valence-electron chi connectivity index (χ3n) is 3.41. The van der Waals surface area contributed by atoms with Gasteiger partial charge in [-0.15, -0.1) is 11.3 Å². The van der Waals surface area contributed by atoms with Crippen LogP contribution in [0.3, 0.4) is 0 Å². The molecule has 1 nitrogen and oxygen atoms in total. The smallest absolute Gasteiger partial charge is 0.0314 e. The van der Waals surface area contributed by atoms with E-state index in [-0.39, 0.29) is 0 Å². The van der Waals surface area contributed by atoms with Crippen LogP contribution in [-0.2, 0) is 6.54 Å². The van der Waals surface area contributed by atoms with Gasteiger partial charge in [0.05, 0.1) is 0 Å². The predicted molar refractivity (Wildman–Crippen MR) is 70.4 cm³/mol. The van der Waals surface area contributed by atoms with Crippen LogP contribution in [0, 0.1) is 12.3 Å². The zero-order valence-corrected chi connectivity index (χ0v) is 11.8. The van der Waals surface area contributed by atoms with Crippen LogP contribution in [0.25, 0.3) is 0 Å². The number of hydrogen-bond acceptors (Lipinski definition) is 2. The normalized spacial score (nSPS) is 18.1. The summed E-state index contributed by atoms with van der Waals surface area (Å²) in [5, 5.41) is 3.59. The van der Waals surface area contributed by atoms with Crippen molar-refractivity contribution in [3.63, 3.8) is 0 Å². The van der Waals surface area contributed by atoms with Gasteiger partial charge < -0.3 is 5.32 Å². The molecule has 1 aromatic heterocycles. The standard InChI is InChI=1S/C12H18BrNS/c1-3-12(4-5-12)8-14-7-10-6-11(13)9(2)15-10/h6,14H,3-5,7-8H2,1-2H3. The molecule has 0 unspecified atom stereocenters. The van der Waals surface area contributed by atoms with E-state index in [0.717, 1.165) is 6.54 Å². The van der Waals surface area contributed by atoms with Crippen molar-refractivity contribution in [2.24, 2.45) is 5.41 Å². The van der Waals surface area contributed by atoms with Gasteiger partial charge in [-0.3, -0.25) is 0 Å². The molecule has 0 atom stereocenters. The zero-order chi connectivity index (χ0) is 10.9. The van der Waals surface area contributed by atoms with E-state index in [4.69, 9.17) is 0 Å². The molecule has 0 bridgehead atoms. The van der Waals surface area contributed by atoms with E-state index < -0.39 is 0 Å². The van der Waals surface area contributed by atoms with Crippen LogP contribution in [0.1, 0.15) is 35.9 Å². The SMILES string of the molecule is CCC1(CNCc2cc(Br)c(C)s2)CC1. The molecule has 1 aliphatic carbocycles. The fourth-order valence-corrected chi connectivity index (χ4v) is 3.46. The quantitative estimate of drug-likeness (QED) is 0.860. The van der Waals surface area contributed by atoms with E-state index in [2.05, 4.69) is 41.2 Å². The van der Waals surface area contributed by atoms with Gasteiger partial charge in [0, 0.05) is 27.3 Å². The highest BCUT2D eigenvalue weighted by Crippen LogP contribution is 2.47. The van der Waals surface area contributed by atoms with Crippen LogP contribution < -0.4 is 5.32 Å². The second-order valence-electron chi connectivity index (χ2n) is 4.57. The largest absolute Gasteiger partial charge is 0.311 e. The van der Waals surface area contributed by atoms with Crippen molar-refractivity contribution >= 4 is 27.3 Å². The summed E-state index contributed by atoms with van der Waals surface area (Å²) in [5.74, 6) is 0. The maximum Gasteiger partial charge on any atom is 0.0314 e. The number of thiophene rings is 1. The maximum atomic E-state index is 3.59. The van der Waals surface area contributed by atoms with Gasteiger partial charge in [0.25, 0.3) is 0 Å². The Morgan fingerprint density at radius 1 is 1.53 bits per heavy atom. The molecule has 1 aromatic rings. The van der Waals surface area contributed by atoms with E-state index in [0.29, 0.717) is 5.41 Å². The first-order chi connectivity index (χ1) is 7.15. The monoisotopic (exact) mass is 287 g/mol. The number of halogens is 1. The number of nitrogens with one attached hydrogen (secondary N) is 1. The minimum Gasteiger partial charge on any atom is -0.311 e. The van der Waals surface area contributed by atoms with E-state index in [1.54, 1.807) is 0 Å². The van der Waals surface area contributed by atoms with Crippen molar-refractivity contribution in [3.8, 4) is 0 Å². The molecule has 15 heavy (non-hydrogen) atoms. The van der Waals surface area contributed by atoms with Gasteiger partial charge in [0.15, 0.2) is 0 Å². The van der Waals surface area contributed by atoms with Crippen molar-refractivity contribution in [2.75, 3.05) is 6.54 Å². The summed E-state index contributed by atoms with van der Waals surface area (Å²) in [6.07, 6.45) is 4.17. The van der Waals surface area contributed by atoms with Crippen LogP contribution in [0.2, 0.25) is 0 Å². The van der Waals surface area contributed by atoms with E-state index in [1.165, 1.54) is 40.0 Å². The number of aryl methyl sites for hydroxylation is 1. The Morgan fingerprint density at radius 2 is 2.27 bits per heavy atom. The van der Waals surface area contributed by atoms with Crippen molar-refractivity contribution in [1.82, 2.24) is 5.32 Å². The maximum absolute atomic E-state index is 3.59. The lowest BCUT2D eigenvalue weighted by Gasteiger charge is -2.12. The molecule has 84 valence electrons. The molecule has 0 spiro atoms. The first-order valence-electron chi connectivity index (χ1n) is 5.61. The topological polar surface area (TPSA) is 12.0 Å². The molecule has 3 heteroatoms. The minimum absolute atomic E-state index is 0.656. The Labute approximate surface area is 104 Å². The Kier molecular flexibility index (Phi) is 3.53. The summed E-state index contributed by atoms with van der Waals surface area (Å²) < 4.78 is 1.25. The summed E-state index contributed by atoms with van der Waals surface area (Å²) in [6.45, 7) is 6.68. The Balaban J connectivity index is 1.78. The van der Waals surface area contributed by atoms with Gasteiger partial charge in [-0.1, -0.05) is 6.92 Å². The third kappa shape index (κ3) is 2.83. The Hall–Kier alpha value is 0.140. The average Bonchev–Trinajstić information content (AvgIpc) is 2.91. The van der Waals surface area contributed by atoms with Gasteiger partial charge in [-0.05, 0) is 53.6 Å². The minimum atomic E-state index is 0.656. The highest BCUT2D eigenvalue weighted by molar-refractivity contribution is 9.10. The predicted octanol–water partition coefficient (Wildman–Crippen LogP) is 4.10. The molecule has 1 N–H and O–H groups in total. The lowest BCUT2D eigenvalue weighted by atomic mass is 10.0. The van der Waals surface area contributed by atoms with Crippen LogP contribution >= 0.6 is 27.3 Å². The van der Waals surface area contributed by atoms with Crippen molar-refractivity contribution in [2.45, 2.75) is 39.7 Å². The third-order valence-corrected chi connectivity index (χ3v) is 5.55. The first-order valence-corrected chi connectivity index (χ1v) is 7.22. The molecule has 0 amide bonds. The second-order valence-corrected chi connectivity index (χ2v) is 6.77. The second kappa shape index (κ2) is 4.56. The summed E-state index contributed by atoms with van der Waals surface area (Å²) in [7, 11) is 0. The summed E-state index contributed by atoms with van der Waals surface area (Å²) in [5.41, 5.74) is 0.656. The molecular weight excluding hydrogens is 270 g/mol. The van der Waals surface area contributed by atoms with Gasteiger partial charge in [0.2, 0.25) is 0 Å². The van der Waals surface area contributed by atoms with Crippen molar-refractivity contribution < 1.29 is 0 Å². The van der Waals surface area contributed by atoms with Gasteiger partial charge in [-0.25, -0.2) is 0 Å². The molecular formula is C12H18BrNS. The van der Waals surface area contributed by atoms with Crippen molar-refractivity contribution in [1.29, 1.82) is 0 Å². The van der Waals surface area contributed by atoms with E-state index >= 15 is 0 Å². The highest BCUT2D eigenvalue weighted by atomic mass is 79.9. The Bertz CT molecular complexity index is 322. The molecule has 0 aromatic carbocycles. The molecule has 1 heterocycles. The lowest BCUT2D eigenvalue weighted by Crippen LogP contribution is -2.22. The molecule has 1 aliphatic rings. The zero-order valence-electron chi connectivity index (χ0n) is 9.40. The molecule has 0 radical (unpaired) electrons. The summed E-state index contributed by atoms with van der Waals surface area (Å²) >= 11 is 5.44. The summed E-state index contributed by atoms with van der Waals surface area (Å²) in [6, 6.07) is 2.23. The average molecular weight is 288 g/mol. The molecule has 1 fully saturated rings. The number of hydrogen-bond donors (Lipinski definition) is 1. The fraction of sp³-hybridized carbons (Fsp3) is 0.667. The van der Waals surface area contributed by atoms with E-state index in [9.17, 15) is 0 Å². The number of rotatable bonds is 5. The molecule has 0 aliphatic heterocycles. The van der Waals surface area contributed by atoms with E-state index in [1.807, 2.05) is 11.3 Å².